The maximum Gasteiger partial charge on any atom is 0.0787 e. The Kier molecular flexibility index (Phi) is 5.21. The molecule has 0 saturated heterocycles. The molecule has 1 nitrogen and oxygen atoms in total. The molecule has 186 valence electrons. The van der Waals surface area contributed by atoms with Gasteiger partial charge in [0, 0.05) is 22.7 Å². The Morgan fingerprint density at radius 3 is 1.30 bits per heavy atom. The van der Waals surface area contributed by atoms with Gasteiger partial charge in [0.25, 0.3) is 0 Å². The fraction of sp³-hybridized carbons (Fsp3) is 0. The first kappa shape index (κ1) is 22.7. The lowest BCUT2D eigenvalue weighted by molar-refractivity contribution is 1.36. The Morgan fingerprint density at radius 1 is 0.275 bits per heavy atom. The molecule has 0 spiro atoms. The van der Waals surface area contributed by atoms with Gasteiger partial charge in [0.15, 0.2) is 0 Å². The van der Waals surface area contributed by atoms with E-state index in [0.717, 1.165) is 22.2 Å². The highest BCUT2D eigenvalue weighted by atomic mass is 14.7. The fourth-order valence-electron chi connectivity index (χ4n) is 6.28. The molecule has 0 aliphatic carbocycles. The molecule has 40 heavy (non-hydrogen) atoms. The summed E-state index contributed by atoms with van der Waals surface area (Å²) in [5.74, 6) is 0. The normalized spacial score (nSPS) is 11.5. The molecule has 7 aromatic carbocycles. The summed E-state index contributed by atoms with van der Waals surface area (Å²) in [6, 6.07) is 52.2. The van der Waals surface area contributed by atoms with Crippen LogP contribution in [0.15, 0.2) is 152 Å². The Morgan fingerprint density at radius 2 is 0.675 bits per heavy atom. The van der Waals surface area contributed by atoms with Crippen LogP contribution in [-0.2, 0) is 0 Å². The third kappa shape index (κ3) is 3.52. The number of rotatable bonds is 3. The number of nitrogens with zero attached hydrogens (tertiary/aromatic N) is 1. The molecule has 1 heteroatoms. The van der Waals surface area contributed by atoms with E-state index in [2.05, 4.69) is 152 Å². The molecule has 8 rings (SSSR count). The van der Waals surface area contributed by atoms with Crippen molar-refractivity contribution in [1.82, 2.24) is 4.98 Å². The zero-order chi connectivity index (χ0) is 26.5. The summed E-state index contributed by atoms with van der Waals surface area (Å²) in [6.07, 6.45) is 2.06. The van der Waals surface area contributed by atoms with Crippen molar-refractivity contribution in [2.24, 2.45) is 0 Å². The topological polar surface area (TPSA) is 12.9 Å². The SMILES string of the molecule is c1ccc2c(-c3ccc(-c4ncc(-c5cccc6ccccc56)c5ccccc45)c4ccccc34)cccc2c1. The van der Waals surface area contributed by atoms with E-state index in [1.54, 1.807) is 0 Å². The van der Waals surface area contributed by atoms with E-state index >= 15 is 0 Å². The van der Waals surface area contributed by atoms with Crippen molar-refractivity contribution in [2.45, 2.75) is 0 Å². The van der Waals surface area contributed by atoms with E-state index in [-0.39, 0.29) is 0 Å². The first-order chi connectivity index (χ1) is 19.9. The van der Waals surface area contributed by atoms with E-state index in [9.17, 15) is 0 Å². The van der Waals surface area contributed by atoms with Crippen molar-refractivity contribution in [2.75, 3.05) is 0 Å². The first-order valence-corrected chi connectivity index (χ1v) is 13.7. The van der Waals surface area contributed by atoms with Crippen LogP contribution in [0.4, 0.5) is 0 Å². The van der Waals surface area contributed by atoms with Crippen LogP contribution < -0.4 is 0 Å². The Labute approximate surface area is 233 Å². The van der Waals surface area contributed by atoms with Crippen molar-refractivity contribution in [3.63, 3.8) is 0 Å². The lowest BCUT2D eigenvalue weighted by Gasteiger charge is -2.16. The van der Waals surface area contributed by atoms with Gasteiger partial charge < -0.3 is 0 Å². The predicted octanol–water partition coefficient (Wildman–Crippen LogP) is 10.7. The van der Waals surface area contributed by atoms with Crippen LogP contribution >= 0.6 is 0 Å². The number of hydrogen-bond acceptors (Lipinski definition) is 1. The number of aromatic nitrogens is 1. The average molecular weight is 508 g/mol. The van der Waals surface area contributed by atoms with Gasteiger partial charge in [-0.05, 0) is 54.4 Å². The minimum atomic E-state index is 1.01. The molecular formula is C39H25N. The molecule has 0 unspecified atom stereocenters. The fourth-order valence-corrected chi connectivity index (χ4v) is 6.28. The zero-order valence-corrected chi connectivity index (χ0v) is 21.9. The van der Waals surface area contributed by atoms with Gasteiger partial charge in [-0.3, -0.25) is 4.98 Å². The Balaban J connectivity index is 1.37. The molecule has 0 aliphatic rings. The standard InChI is InChI=1S/C39H25N/c1-3-15-28-26(11-1)13-9-21-30(28)35-23-24-37(33-18-6-5-17-32(33)35)39-36-20-8-7-19-34(36)38(25-40-39)31-22-10-14-27-12-2-4-16-29(27)31/h1-25H. The maximum atomic E-state index is 5.16. The van der Waals surface area contributed by atoms with Gasteiger partial charge in [-0.25, -0.2) is 0 Å². The van der Waals surface area contributed by atoms with Gasteiger partial charge in [0.1, 0.15) is 0 Å². The van der Waals surface area contributed by atoms with Gasteiger partial charge in [-0.1, -0.05) is 146 Å². The Bertz CT molecular complexity index is 2050. The molecule has 1 aromatic heterocycles. The highest BCUT2D eigenvalue weighted by molar-refractivity contribution is 6.14. The summed E-state index contributed by atoms with van der Waals surface area (Å²) >= 11 is 0. The molecule has 0 radical (unpaired) electrons. The third-order valence-corrected chi connectivity index (χ3v) is 8.13. The second-order valence-corrected chi connectivity index (χ2v) is 10.3. The van der Waals surface area contributed by atoms with E-state index < -0.39 is 0 Å². The third-order valence-electron chi connectivity index (χ3n) is 8.13. The van der Waals surface area contributed by atoms with Crippen LogP contribution in [0.1, 0.15) is 0 Å². The van der Waals surface area contributed by atoms with Gasteiger partial charge in [0.05, 0.1) is 5.69 Å². The monoisotopic (exact) mass is 507 g/mol. The number of fused-ring (bicyclic) bond motifs is 4. The first-order valence-electron chi connectivity index (χ1n) is 13.7. The predicted molar refractivity (Wildman–Crippen MR) is 171 cm³/mol. The van der Waals surface area contributed by atoms with E-state index in [1.165, 1.54) is 54.4 Å². The van der Waals surface area contributed by atoms with Gasteiger partial charge in [-0.2, -0.15) is 0 Å². The molecule has 8 aromatic rings. The summed E-state index contributed by atoms with van der Waals surface area (Å²) in [5, 5.41) is 9.83. The lowest BCUT2D eigenvalue weighted by Crippen LogP contribution is -1.93. The van der Waals surface area contributed by atoms with E-state index in [1.807, 2.05) is 0 Å². The number of hydrogen-bond donors (Lipinski definition) is 0. The van der Waals surface area contributed by atoms with Crippen LogP contribution in [0.3, 0.4) is 0 Å². The van der Waals surface area contributed by atoms with Crippen LogP contribution in [0.25, 0.3) is 76.6 Å². The molecule has 0 fully saturated rings. The highest BCUT2D eigenvalue weighted by Crippen LogP contribution is 2.41. The smallest absolute Gasteiger partial charge is 0.0787 e. The van der Waals surface area contributed by atoms with Crippen molar-refractivity contribution in [1.29, 1.82) is 0 Å². The quantitative estimate of drug-likeness (QED) is 0.232. The lowest BCUT2D eigenvalue weighted by atomic mass is 9.89. The van der Waals surface area contributed by atoms with Gasteiger partial charge in [-0.15, -0.1) is 0 Å². The minimum Gasteiger partial charge on any atom is -0.255 e. The molecule has 0 N–H and O–H groups in total. The molecule has 0 aliphatic heterocycles. The summed E-state index contributed by atoms with van der Waals surface area (Å²) in [7, 11) is 0. The van der Waals surface area contributed by atoms with Crippen LogP contribution in [-0.4, -0.2) is 4.98 Å². The second-order valence-electron chi connectivity index (χ2n) is 10.3. The van der Waals surface area contributed by atoms with Crippen LogP contribution in [0.2, 0.25) is 0 Å². The van der Waals surface area contributed by atoms with E-state index in [0.29, 0.717) is 0 Å². The summed E-state index contributed by atoms with van der Waals surface area (Å²) in [5.41, 5.74) is 7.04. The van der Waals surface area contributed by atoms with Crippen LogP contribution in [0.5, 0.6) is 0 Å². The molecule has 0 bridgehead atoms. The molecule has 0 amide bonds. The zero-order valence-electron chi connectivity index (χ0n) is 21.9. The molecular weight excluding hydrogens is 482 g/mol. The largest absolute Gasteiger partial charge is 0.255 e. The molecule has 0 saturated carbocycles. The van der Waals surface area contributed by atoms with Crippen molar-refractivity contribution >= 4 is 43.1 Å². The second kappa shape index (κ2) is 9.18. The molecule has 0 atom stereocenters. The van der Waals surface area contributed by atoms with Crippen molar-refractivity contribution in [3.05, 3.63) is 152 Å². The average Bonchev–Trinajstić information content (AvgIpc) is 3.03. The number of pyridine rings is 1. The van der Waals surface area contributed by atoms with E-state index in [4.69, 9.17) is 4.98 Å². The summed E-state index contributed by atoms with van der Waals surface area (Å²) < 4.78 is 0. The van der Waals surface area contributed by atoms with Gasteiger partial charge in [0.2, 0.25) is 0 Å². The van der Waals surface area contributed by atoms with Gasteiger partial charge >= 0.3 is 0 Å². The maximum absolute atomic E-state index is 5.16. The number of benzene rings is 7. The Hall–Kier alpha value is -5.27. The highest BCUT2D eigenvalue weighted by Gasteiger charge is 2.16. The van der Waals surface area contributed by atoms with Crippen molar-refractivity contribution in [3.8, 4) is 33.5 Å². The summed E-state index contributed by atoms with van der Waals surface area (Å²) in [6.45, 7) is 0. The summed E-state index contributed by atoms with van der Waals surface area (Å²) in [4.78, 5) is 5.16. The minimum absolute atomic E-state index is 1.01. The molecule has 1 heterocycles. The van der Waals surface area contributed by atoms with Crippen LogP contribution in [0, 0.1) is 0 Å². The van der Waals surface area contributed by atoms with Crippen molar-refractivity contribution < 1.29 is 0 Å².